The maximum absolute atomic E-state index is 12.6. The van der Waals surface area contributed by atoms with Gasteiger partial charge in [0.1, 0.15) is 11.4 Å². The van der Waals surface area contributed by atoms with E-state index in [1.54, 1.807) is 0 Å². The van der Waals surface area contributed by atoms with Crippen LogP contribution in [0.5, 0.6) is 0 Å². The summed E-state index contributed by atoms with van der Waals surface area (Å²) in [5.74, 6) is -1.09. The minimum atomic E-state index is -1.15. The van der Waals surface area contributed by atoms with Crippen LogP contribution in [0.2, 0.25) is 0 Å². The van der Waals surface area contributed by atoms with Crippen LogP contribution < -0.4 is 5.32 Å². The third-order valence-corrected chi connectivity index (χ3v) is 6.24. The molecule has 0 aliphatic heterocycles. The van der Waals surface area contributed by atoms with Crippen molar-refractivity contribution in [2.45, 2.75) is 60.9 Å². The molecule has 0 spiro atoms. The summed E-state index contributed by atoms with van der Waals surface area (Å²) < 4.78 is 0. The van der Waals surface area contributed by atoms with Gasteiger partial charge in [0.15, 0.2) is 0 Å². The summed E-state index contributed by atoms with van der Waals surface area (Å²) in [5.41, 5.74) is -0.781. The molecular formula is C19H30N2O3. The topological polar surface area (TPSA) is 79.3 Å². The molecule has 1 amide bonds. The number of aromatic nitrogens is 1. The molecule has 0 aliphatic carbocycles. The fraction of sp³-hybridized carbons (Fsp3) is 0.632. The standard InChI is InChI=1S/C19H30N2O3/c1-12(2)17(3,4)18(5,6)19(7,8)21-15(22)13-10-9-11-14(20-13)16(23)24/h9-12H,1-8H3,(H,21,22)(H,23,24). The molecule has 24 heavy (non-hydrogen) atoms. The smallest absolute Gasteiger partial charge is 0.354 e. The van der Waals surface area contributed by atoms with E-state index in [9.17, 15) is 9.59 Å². The summed E-state index contributed by atoms with van der Waals surface area (Å²) in [5, 5.41) is 12.1. The third-order valence-electron chi connectivity index (χ3n) is 6.24. The number of hydrogen-bond acceptors (Lipinski definition) is 3. The second kappa shape index (κ2) is 6.54. The Bertz CT molecular complexity index is 631. The first kappa shape index (κ1) is 20.1. The number of carbonyl (C=O) groups is 2. The average molecular weight is 334 g/mol. The van der Waals surface area contributed by atoms with Crippen LogP contribution >= 0.6 is 0 Å². The van der Waals surface area contributed by atoms with Gasteiger partial charge in [0.2, 0.25) is 0 Å². The van der Waals surface area contributed by atoms with Crippen molar-refractivity contribution in [3.8, 4) is 0 Å². The highest BCUT2D eigenvalue weighted by Crippen LogP contribution is 2.50. The molecule has 134 valence electrons. The van der Waals surface area contributed by atoms with Gasteiger partial charge in [-0.2, -0.15) is 0 Å². The number of nitrogens with one attached hydrogen (secondary N) is 1. The Labute approximate surface area is 144 Å². The molecule has 0 radical (unpaired) electrons. The minimum Gasteiger partial charge on any atom is -0.477 e. The number of nitrogens with zero attached hydrogens (tertiary/aromatic N) is 1. The van der Waals surface area contributed by atoms with Crippen molar-refractivity contribution in [1.29, 1.82) is 0 Å². The first-order valence-electron chi connectivity index (χ1n) is 8.27. The van der Waals surface area contributed by atoms with Crippen molar-refractivity contribution < 1.29 is 14.7 Å². The van der Waals surface area contributed by atoms with Gasteiger partial charge in [0, 0.05) is 5.54 Å². The Morgan fingerprint density at radius 1 is 1.04 bits per heavy atom. The van der Waals surface area contributed by atoms with Crippen molar-refractivity contribution in [2.24, 2.45) is 16.7 Å². The molecule has 5 heteroatoms. The van der Waals surface area contributed by atoms with Gasteiger partial charge >= 0.3 is 5.97 Å². The van der Waals surface area contributed by atoms with Crippen molar-refractivity contribution in [2.75, 3.05) is 0 Å². The number of pyridine rings is 1. The first-order chi connectivity index (χ1) is 10.7. The predicted molar refractivity (Wildman–Crippen MR) is 95.1 cm³/mol. The number of aromatic carboxylic acids is 1. The van der Waals surface area contributed by atoms with Crippen molar-refractivity contribution >= 4 is 11.9 Å². The lowest BCUT2D eigenvalue weighted by Gasteiger charge is -2.54. The van der Waals surface area contributed by atoms with Crippen LogP contribution in [0.25, 0.3) is 0 Å². The highest BCUT2D eigenvalue weighted by molar-refractivity contribution is 5.94. The molecule has 1 heterocycles. The average Bonchev–Trinajstić information content (AvgIpc) is 2.46. The van der Waals surface area contributed by atoms with Crippen molar-refractivity contribution in [3.63, 3.8) is 0 Å². The number of amides is 1. The summed E-state index contributed by atoms with van der Waals surface area (Å²) in [6, 6.07) is 4.43. The second-order valence-corrected chi connectivity index (χ2v) is 8.29. The predicted octanol–water partition coefficient (Wildman–Crippen LogP) is 4.00. The van der Waals surface area contributed by atoms with Crippen molar-refractivity contribution in [3.05, 3.63) is 29.6 Å². The quantitative estimate of drug-likeness (QED) is 0.824. The SMILES string of the molecule is CC(C)C(C)(C)C(C)(C)C(C)(C)NC(=O)c1cccc(C(=O)O)n1. The van der Waals surface area contributed by atoms with Crippen LogP contribution in [0.3, 0.4) is 0 Å². The molecular weight excluding hydrogens is 304 g/mol. The lowest BCUT2D eigenvalue weighted by atomic mass is 9.54. The summed E-state index contributed by atoms with van der Waals surface area (Å²) in [4.78, 5) is 27.6. The van der Waals surface area contributed by atoms with Crippen LogP contribution in [0.15, 0.2) is 18.2 Å². The van der Waals surface area contributed by atoms with Crippen LogP contribution in [-0.4, -0.2) is 27.5 Å². The Morgan fingerprint density at radius 2 is 1.54 bits per heavy atom. The molecule has 1 aromatic rings. The molecule has 0 unspecified atom stereocenters. The Kier molecular flexibility index (Phi) is 5.48. The number of rotatable bonds is 6. The number of hydrogen-bond donors (Lipinski definition) is 2. The van der Waals surface area contributed by atoms with Crippen LogP contribution in [-0.2, 0) is 0 Å². The molecule has 0 aliphatic rings. The van der Waals surface area contributed by atoms with Gasteiger partial charge < -0.3 is 10.4 Å². The van der Waals surface area contributed by atoms with Gasteiger partial charge in [0.25, 0.3) is 5.91 Å². The molecule has 0 atom stereocenters. The number of carbonyl (C=O) groups excluding carboxylic acids is 1. The van der Waals surface area contributed by atoms with Crippen LogP contribution in [0.1, 0.15) is 76.4 Å². The molecule has 0 saturated heterocycles. The van der Waals surface area contributed by atoms with Gasteiger partial charge in [-0.15, -0.1) is 0 Å². The van der Waals surface area contributed by atoms with Gasteiger partial charge in [-0.25, -0.2) is 9.78 Å². The fourth-order valence-electron chi connectivity index (χ4n) is 2.71. The van der Waals surface area contributed by atoms with E-state index in [2.05, 4.69) is 51.8 Å². The monoisotopic (exact) mass is 334 g/mol. The highest BCUT2D eigenvalue weighted by atomic mass is 16.4. The summed E-state index contributed by atoms with van der Waals surface area (Å²) in [7, 11) is 0. The first-order valence-corrected chi connectivity index (χ1v) is 8.27. The van der Waals surface area contributed by atoms with E-state index in [4.69, 9.17) is 5.11 Å². The molecule has 1 rings (SSSR count). The van der Waals surface area contributed by atoms with Gasteiger partial charge in [-0.05, 0) is 42.7 Å². The minimum absolute atomic E-state index is 0.0277. The zero-order chi connectivity index (χ0) is 18.9. The molecule has 1 aromatic heterocycles. The Hall–Kier alpha value is -1.91. The Balaban J connectivity index is 3.12. The lowest BCUT2D eigenvalue weighted by molar-refractivity contribution is -0.0175. The number of carboxylic acid groups (broad SMARTS) is 1. The zero-order valence-corrected chi connectivity index (χ0v) is 16.0. The van der Waals surface area contributed by atoms with Gasteiger partial charge in [-0.1, -0.05) is 47.6 Å². The molecule has 0 bridgehead atoms. The van der Waals surface area contributed by atoms with E-state index in [1.807, 2.05) is 13.8 Å². The van der Waals surface area contributed by atoms with E-state index in [-0.39, 0.29) is 28.1 Å². The van der Waals surface area contributed by atoms with E-state index < -0.39 is 11.5 Å². The second-order valence-electron chi connectivity index (χ2n) is 8.29. The van der Waals surface area contributed by atoms with Crippen LogP contribution in [0, 0.1) is 16.7 Å². The molecule has 0 aromatic carbocycles. The fourth-order valence-corrected chi connectivity index (χ4v) is 2.71. The highest BCUT2D eigenvalue weighted by Gasteiger charge is 2.50. The van der Waals surface area contributed by atoms with Crippen LogP contribution in [0.4, 0.5) is 0 Å². The van der Waals surface area contributed by atoms with E-state index >= 15 is 0 Å². The molecule has 5 nitrogen and oxygen atoms in total. The summed E-state index contributed by atoms with van der Waals surface area (Å²) >= 11 is 0. The normalized spacial score (nSPS) is 13.0. The maximum Gasteiger partial charge on any atom is 0.354 e. The van der Waals surface area contributed by atoms with E-state index in [0.717, 1.165) is 0 Å². The molecule has 0 saturated carbocycles. The summed E-state index contributed by atoms with van der Waals surface area (Å²) in [6.07, 6.45) is 0. The molecule has 2 N–H and O–H groups in total. The zero-order valence-electron chi connectivity index (χ0n) is 16.0. The largest absolute Gasteiger partial charge is 0.477 e. The molecule has 0 fully saturated rings. The maximum atomic E-state index is 12.6. The van der Waals surface area contributed by atoms with Crippen molar-refractivity contribution in [1.82, 2.24) is 10.3 Å². The number of carboxylic acids is 1. The lowest BCUT2D eigenvalue weighted by Crippen LogP contribution is -2.60. The third kappa shape index (κ3) is 3.60. The van der Waals surface area contributed by atoms with E-state index in [0.29, 0.717) is 5.92 Å². The summed E-state index contributed by atoms with van der Waals surface area (Å²) in [6.45, 7) is 17.0. The Morgan fingerprint density at radius 3 is 2.00 bits per heavy atom. The van der Waals surface area contributed by atoms with E-state index in [1.165, 1.54) is 18.2 Å². The van der Waals surface area contributed by atoms with Gasteiger partial charge in [0.05, 0.1) is 0 Å². The van der Waals surface area contributed by atoms with Gasteiger partial charge in [-0.3, -0.25) is 4.79 Å².